The second-order valence-electron chi connectivity index (χ2n) is 4.49. The molecule has 0 spiro atoms. The maximum Gasteiger partial charge on any atom is 0.0615 e. The van der Waals surface area contributed by atoms with Crippen LogP contribution >= 0.6 is 0 Å². The molecule has 0 aliphatic carbocycles. The molecule has 0 amide bonds. The highest BCUT2D eigenvalue weighted by atomic mass is 16.5. The molecule has 92 valence electrons. The standard InChI is InChI=1S/C11H25NO3/c1-5-12(10(2)6-15-4)7-11(3,8-13)9-14/h10,13-14H,5-9H2,1-4H3. The molecule has 0 aromatic carbocycles. The zero-order chi connectivity index (χ0) is 11.9. The first-order valence-corrected chi connectivity index (χ1v) is 5.47. The van der Waals surface area contributed by atoms with Crippen molar-refractivity contribution in [2.24, 2.45) is 5.41 Å². The van der Waals surface area contributed by atoms with E-state index >= 15 is 0 Å². The molecule has 4 heteroatoms. The molecule has 1 atom stereocenters. The highest BCUT2D eigenvalue weighted by molar-refractivity contribution is 4.79. The lowest BCUT2D eigenvalue weighted by atomic mass is 9.92. The van der Waals surface area contributed by atoms with E-state index in [0.29, 0.717) is 19.2 Å². The van der Waals surface area contributed by atoms with Crippen molar-refractivity contribution < 1.29 is 14.9 Å². The van der Waals surface area contributed by atoms with Crippen LogP contribution in [0.4, 0.5) is 0 Å². The summed E-state index contributed by atoms with van der Waals surface area (Å²) in [5.74, 6) is 0. The van der Waals surface area contributed by atoms with Gasteiger partial charge in [0.15, 0.2) is 0 Å². The third-order valence-electron chi connectivity index (χ3n) is 2.79. The number of aliphatic hydroxyl groups excluding tert-OH is 2. The zero-order valence-electron chi connectivity index (χ0n) is 10.4. The minimum atomic E-state index is -0.433. The van der Waals surface area contributed by atoms with Gasteiger partial charge >= 0.3 is 0 Å². The Morgan fingerprint density at radius 2 is 1.87 bits per heavy atom. The molecule has 15 heavy (non-hydrogen) atoms. The molecule has 0 rings (SSSR count). The molecule has 0 heterocycles. The molecule has 0 aliphatic heterocycles. The van der Waals surface area contributed by atoms with E-state index in [1.807, 2.05) is 6.92 Å². The predicted molar refractivity (Wildman–Crippen MR) is 60.9 cm³/mol. The van der Waals surface area contributed by atoms with E-state index in [0.717, 1.165) is 6.54 Å². The zero-order valence-corrected chi connectivity index (χ0v) is 10.4. The second-order valence-corrected chi connectivity index (χ2v) is 4.49. The summed E-state index contributed by atoms with van der Waals surface area (Å²) in [6.07, 6.45) is 0. The van der Waals surface area contributed by atoms with Crippen LogP contribution in [0.5, 0.6) is 0 Å². The largest absolute Gasteiger partial charge is 0.396 e. The van der Waals surface area contributed by atoms with Crippen LogP contribution in [0.2, 0.25) is 0 Å². The molecule has 0 saturated heterocycles. The summed E-state index contributed by atoms with van der Waals surface area (Å²) >= 11 is 0. The second kappa shape index (κ2) is 7.17. The summed E-state index contributed by atoms with van der Waals surface area (Å²) in [6, 6.07) is 0.303. The highest BCUT2D eigenvalue weighted by Gasteiger charge is 2.27. The molecule has 0 aliphatic rings. The van der Waals surface area contributed by atoms with Gasteiger partial charge in [-0.15, -0.1) is 0 Å². The number of rotatable bonds is 8. The van der Waals surface area contributed by atoms with Crippen molar-refractivity contribution in [1.82, 2.24) is 4.90 Å². The fourth-order valence-electron chi connectivity index (χ4n) is 1.57. The van der Waals surface area contributed by atoms with Crippen molar-refractivity contribution in [1.29, 1.82) is 0 Å². The van der Waals surface area contributed by atoms with E-state index in [1.165, 1.54) is 0 Å². The number of nitrogens with zero attached hydrogens (tertiary/aromatic N) is 1. The monoisotopic (exact) mass is 219 g/mol. The average Bonchev–Trinajstić information content (AvgIpc) is 2.26. The minimum absolute atomic E-state index is 0.000295. The van der Waals surface area contributed by atoms with Gasteiger partial charge < -0.3 is 14.9 Å². The van der Waals surface area contributed by atoms with Gasteiger partial charge in [0.25, 0.3) is 0 Å². The summed E-state index contributed by atoms with van der Waals surface area (Å²) in [4.78, 5) is 2.20. The first kappa shape index (κ1) is 14.8. The Morgan fingerprint density at radius 3 is 2.20 bits per heavy atom. The van der Waals surface area contributed by atoms with Gasteiger partial charge in [-0.2, -0.15) is 0 Å². The van der Waals surface area contributed by atoms with Crippen molar-refractivity contribution in [3.63, 3.8) is 0 Å². The SMILES string of the molecule is CCN(CC(C)(CO)CO)C(C)COC. The van der Waals surface area contributed by atoms with Gasteiger partial charge in [0, 0.05) is 25.1 Å². The van der Waals surface area contributed by atoms with Crippen molar-refractivity contribution in [3.8, 4) is 0 Å². The van der Waals surface area contributed by atoms with E-state index in [1.54, 1.807) is 7.11 Å². The normalized spacial score (nSPS) is 14.6. The van der Waals surface area contributed by atoms with Gasteiger partial charge in [-0.3, -0.25) is 4.90 Å². The van der Waals surface area contributed by atoms with E-state index in [-0.39, 0.29) is 13.2 Å². The number of likely N-dealkylation sites (N-methyl/N-ethyl adjacent to an activating group) is 1. The Morgan fingerprint density at radius 1 is 1.33 bits per heavy atom. The van der Waals surface area contributed by atoms with Gasteiger partial charge in [-0.25, -0.2) is 0 Å². The molecule has 0 radical (unpaired) electrons. The lowest BCUT2D eigenvalue weighted by molar-refractivity contribution is 0.0119. The lowest BCUT2D eigenvalue weighted by Gasteiger charge is -2.35. The van der Waals surface area contributed by atoms with Gasteiger partial charge in [-0.05, 0) is 13.5 Å². The molecular weight excluding hydrogens is 194 g/mol. The summed E-state index contributed by atoms with van der Waals surface area (Å²) in [5.41, 5.74) is -0.433. The number of hydrogen-bond acceptors (Lipinski definition) is 4. The smallest absolute Gasteiger partial charge is 0.0615 e. The lowest BCUT2D eigenvalue weighted by Crippen LogP contribution is -2.46. The highest BCUT2D eigenvalue weighted by Crippen LogP contribution is 2.17. The van der Waals surface area contributed by atoms with E-state index in [9.17, 15) is 10.2 Å². The Kier molecular flexibility index (Phi) is 7.09. The average molecular weight is 219 g/mol. The topological polar surface area (TPSA) is 52.9 Å². The Labute approximate surface area is 92.9 Å². The van der Waals surface area contributed by atoms with Gasteiger partial charge in [0.05, 0.1) is 19.8 Å². The Bertz CT molecular complexity index is 160. The van der Waals surface area contributed by atoms with E-state index in [4.69, 9.17) is 4.74 Å². The maximum absolute atomic E-state index is 9.22. The van der Waals surface area contributed by atoms with Gasteiger partial charge in [0.2, 0.25) is 0 Å². The van der Waals surface area contributed by atoms with E-state index in [2.05, 4.69) is 18.7 Å². The first-order valence-electron chi connectivity index (χ1n) is 5.47. The fourth-order valence-corrected chi connectivity index (χ4v) is 1.57. The van der Waals surface area contributed by atoms with Crippen LogP contribution in [0.3, 0.4) is 0 Å². The molecular formula is C11H25NO3. The third kappa shape index (κ3) is 4.93. The van der Waals surface area contributed by atoms with Crippen LogP contribution in [0.25, 0.3) is 0 Å². The number of methoxy groups -OCH3 is 1. The van der Waals surface area contributed by atoms with Gasteiger partial charge in [-0.1, -0.05) is 13.8 Å². The van der Waals surface area contributed by atoms with Gasteiger partial charge in [0.1, 0.15) is 0 Å². The number of hydrogen-bond donors (Lipinski definition) is 2. The Balaban J connectivity index is 4.29. The summed E-state index contributed by atoms with van der Waals surface area (Å²) in [6.45, 7) is 8.28. The molecule has 4 nitrogen and oxygen atoms in total. The predicted octanol–water partition coefficient (Wildman–Crippen LogP) is 0.334. The summed E-state index contributed by atoms with van der Waals surface area (Å²) in [7, 11) is 1.68. The summed E-state index contributed by atoms with van der Waals surface area (Å²) < 4.78 is 5.10. The van der Waals surface area contributed by atoms with Crippen LogP contribution in [0, 0.1) is 5.41 Å². The van der Waals surface area contributed by atoms with Crippen LogP contribution in [-0.2, 0) is 4.74 Å². The van der Waals surface area contributed by atoms with Crippen molar-refractivity contribution in [2.45, 2.75) is 26.8 Å². The molecule has 0 fully saturated rings. The molecule has 0 saturated carbocycles. The molecule has 0 aromatic heterocycles. The number of ether oxygens (including phenoxy) is 1. The van der Waals surface area contributed by atoms with Crippen molar-refractivity contribution >= 4 is 0 Å². The number of aliphatic hydroxyl groups is 2. The first-order chi connectivity index (χ1) is 7.02. The van der Waals surface area contributed by atoms with Crippen LogP contribution in [-0.4, -0.2) is 61.2 Å². The van der Waals surface area contributed by atoms with Crippen LogP contribution in [0.1, 0.15) is 20.8 Å². The van der Waals surface area contributed by atoms with Crippen LogP contribution in [0.15, 0.2) is 0 Å². The van der Waals surface area contributed by atoms with Crippen molar-refractivity contribution in [3.05, 3.63) is 0 Å². The van der Waals surface area contributed by atoms with Crippen LogP contribution < -0.4 is 0 Å². The summed E-state index contributed by atoms with van der Waals surface area (Å²) in [5, 5.41) is 18.4. The van der Waals surface area contributed by atoms with Crippen molar-refractivity contribution in [2.75, 3.05) is 40.0 Å². The third-order valence-corrected chi connectivity index (χ3v) is 2.79. The molecule has 0 aromatic rings. The molecule has 1 unspecified atom stereocenters. The minimum Gasteiger partial charge on any atom is -0.396 e. The Hall–Kier alpha value is -0.160. The molecule has 0 bridgehead atoms. The molecule has 2 N–H and O–H groups in total. The fraction of sp³-hybridized carbons (Fsp3) is 1.00. The quantitative estimate of drug-likeness (QED) is 0.618. The maximum atomic E-state index is 9.22. The van der Waals surface area contributed by atoms with E-state index < -0.39 is 5.41 Å².